The minimum Gasteiger partial charge on any atom is -0.502 e. The summed E-state index contributed by atoms with van der Waals surface area (Å²) in [6.07, 6.45) is 1.71. The molecule has 1 N–H and O–H groups in total. The van der Waals surface area contributed by atoms with Crippen LogP contribution < -0.4 is 9.47 Å². The number of hydrogen-bond acceptors (Lipinski definition) is 6. The lowest BCUT2D eigenvalue weighted by atomic mass is 10.1. The van der Waals surface area contributed by atoms with Crippen molar-refractivity contribution in [3.05, 3.63) is 22.6 Å². The molecule has 112 valence electrons. The maximum absolute atomic E-state index is 12.2. The number of rotatable bonds is 4. The molecule has 1 aromatic rings. The van der Waals surface area contributed by atoms with Gasteiger partial charge in [0.25, 0.3) is 5.91 Å². The van der Waals surface area contributed by atoms with E-state index in [2.05, 4.69) is 0 Å². The Morgan fingerprint density at radius 2 is 1.90 bits per heavy atom. The Morgan fingerprint density at radius 1 is 1.33 bits per heavy atom. The molecule has 0 unspecified atom stereocenters. The monoisotopic (exact) mass is 325 g/mol. The van der Waals surface area contributed by atoms with E-state index in [0.29, 0.717) is 21.3 Å². The summed E-state index contributed by atoms with van der Waals surface area (Å²) in [7, 11) is 2.91. The van der Waals surface area contributed by atoms with Crippen molar-refractivity contribution < 1.29 is 19.4 Å². The number of likely N-dealkylation sites (N-methyl/N-ethyl adjacent to an activating group) is 1. The molecule has 1 amide bonds. The molecule has 5 nitrogen and oxygen atoms in total. The third-order valence-corrected chi connectivity index (χ3v) is 4.37. The molecule has 1 heterocycles. The molecule has 0 spiro atoms. The molecule has 0 aromatic heterocycles. The highest BCUT2D eigenvalue weighted by Crippen LogP contribution is 2.39. The van der Waals surface area contributed by atoms with Crippen LogP contribution >= 0.6 is 24.0 Å². The van der Waals surface area contributed by atoms with Crippen LogP contribution in [0.15, 0.2) is 17.0 Å². The number of methoxy groups -OCH3 is 2. The first-order valence-corrected chi connectivity index (χ1v) is 7.44. The molecule has 1 fully saturated rings. The first kappa shape index (κ1) is 15.7. The quantitative estimate of drug-likeness (QED) is 0.678. The van der Waals surface area contributed by atoms with E-state index in [1.54, 1.807) is 23.1 Å². The van der Waals surface area contributed by atoms with Crippen molar-refractivity contribution in [2.75, 3.05) is 20.8 Å². The maximum atomic E-state index is 12.2. The number of nitrogens with zero attached hydrogens (tertiary/aromatic N) is 1. The number of ether oxygens (including phenoxy) is 2. The van der Waals surface area contributed by atoms with Crippen LogP contribution in [0.25, 0.3) is 6.08 Å². The van der Waals surface area contributed by atoms with E-state index in [1.807, 2.05) is 6.92 Å². The van der Waals surface area contributed by atoms with Gasteiger partial charge in [0.2, 0.25) is 5.75 Å². The van der Waals surface area contributed by atoms with Crippen molar-refractivity contribution in [1.82, 2.24) is 4.90 Å². The number of carbonyl (C=O) groups is 1. The highest BCUT2D eigenvalue weighted by atomic mass is 32.2. The largest absolute Gasteiger partial charge is 0.502 e. The number of phenolic OH excluding ortho intramolecular Hbond substituents is 1. The fraction of sp³-hybridized carbons (Fsp3) is 0.286. The van der Waals surface area contributed by atoms with E-state index >= 15 is 0 Å². The number of aromatic hydroxyl groups is 1. The van der Waals surface area contributed by atoms with E-state index in [9.17, 15) is 9.90 Å². The number of amides is 1. The van der Waals surface area contributed by atoms with Crippen LogP contribution in [0.5, 0.6) is 17.2 Å². The number of hydrogen-bond donors (Lipinski definition) is 1. The van der Waals surface area contributed by atoms with Crippen molar-refractivity contribution in [1.29, 1.82) is 0 Å². The summed E-state index contributed by atoms with van der Waals surface area (Å²) in [6, 6.07) is 3.27. The second-order valence-electron chi connectivity index (χ2n) is 4.20. The van der Waals surface area contributed by atoms with E-state index in [4.69, 9.17) is 21.7 Å². The number of thioether (sulfide) groups is 1. The van der Waals surface area contributed by atoms with Crippen LogP contribution in [-0.2, 0) is 4.79 Å². The van der Waals surface area contributed by atoms with Crippen molar-refractivity contribution >= 4 is 40.3 Å². The Bertz CT molecular complexity index is 602. The predicted octanol–water partition coefficient (Wildman–Crippen LogP) is 2.63. The van der Waals surface area contributed by atoms with Crippen LogP contribution in [0.4, 0.5) is 0 Å². The molecule has 0 aliphatic carbocycles. The Labute approximate surface area is 132 Å². The lowest BCUT2D eigenvalue weighted by Crippen LogP contribution is -2.27. The number of benzene rings is 1. The molecule has 1 aliphatic heterocycles. The molecule has 0 saturated carbocycles. The standard InChI is InChI=1S/C14H15NO4S2/c1-4-15-13(17)11(21-14(15)20)7-8-5-9(18-2)12(16)10(6-8)19-3/h5-7,16H,4H2,1-3H3. The van der Waals surface area contributed by atoms with Crippen LogP contribution in [0.3, 0.4) is 0 Å². The predicted molar refractivity (Wildman–Crippen MR) is 86.8 cm³/mol. The van der Waals surface area contributed by atoms with Gasteiger partial charge in [-0.1, -0.05) is 24.0 Å². The third-order valence-electron chi connectivity index (χ3n) is 2.99. The smallest absolute Gasteiger partial charge is 0.266 e. The topological polar surface area (TPSA) is 59.0 Å². The molecule has 1 saturated heterocycles. The second-order valence-corrected chi connectivity index (χ2v) is 5.88. The molecule has 1 aliphatic rings. The van der Waals surface area contributed by atoms with Gasteiger partial charge in [0, 0.05) is 6.54 Å². The lowest BCUT2D eigenvalue weighted by molar-refractivity contribution is -0.121. The van der Waals surface area contributed by atoms with E-state index in [-0.39, 0.29) is 23.2 Å². The van der Waals surface area contributed by atoms with Gasteiger partial charge in [-0.15, -0.1) is 0 Å². The first-order chi connectivity index (χ1) is 10.0. The summed E-state index contributed by atoms with van der Waals surface area (Å²) < 4.78 is 10.7. The summed E-state index contributed by atoms with van der Waals surface area (Å²) in [5.74, 6) is 0.384. The van der Waals surface area contributed by atoms with Crippen LogP contribution in [0.2, 0.25) is 0 Å². The molecule has 2 rings (SSSR count). The average Bonchev–Trinajstić information content (AvgIpc) is 2.74. The Hall–Kier alpha value is -1.73. The zero-order valence-corrected chi connectivity index (χ0v) is 13.5. The average molecular weight is 325 g/mol. The minimum atomic E-state index is -0.112. The Balaban J connectivity index is 2.42. The lowest BCUT2D eigenvalue weighted by Gasteiger charge is -2.10. The SMILES string of the molecule is CCN1C(=O)C(=Cc2cc(OC)c(O)c(OC)c2)SC1=S. The number of thiocarbonyl (C=S) groups is 1. The van der Waals surface area contributed by atoms with Gasteiger partial charge in [0.15, 0.2) is 11.5 Å². The van der Waals surface area contributed by atoms with E-state index < -0.39 is 0 Å². The summed E-state index contributed by atoms with van der Waals surface area (Å²) in [5, 5.41) is 9.88. The maximum Gasteiger partial charge on any atom is 0.266 e. The molecule has 0 atom stereocenters. The van der Waals surface area contributed by atoms with Crippen molar-refractivity contribution in [3.8, 4) is 17.2 Å². The van der Waals surface area contributed by atoms with E-state index in [1.165, 1.54) is 26.0 Å². The van der Waals surface area contributed by atoms with Gasteiger partial charge in [-0.25, -0.2) is 0 Å². The summed E-state index contributed by atoms with van der Waals surface area (Å²) in [5.41, 5.74) is 0.693. The summed E-state index contributed by atoms with van der Waals surface area (Å²) >= 11 is 6.42. The number of carbonyl (C=O) groups excluding carboxylic acids is 1. The minimum absolute atomic E-state index is 0.0711. The molecule has 0 bridgehead atoms. The van der Waals surface area contributed by atoms with Crippen molar-refractivity contribution in [3.63, 3.8) is 0 Å². The van der Waals surface area contributed by atoms with Gasteiger partial charge in [-0.05, 0) is 30.7 Å². The summed E-state index contributed by atoms with van der Waals surface area (Å²) in [6.45, 7) is 2.42. The molecule has 0 radical (unpaired) electrons. The highest BCUT2D eigenvalue weighted by Gasteiger charge is 2.30. The van der Waals surface area contributed by atoms with Crippen molar-refractivity contribution in [2.24, 2.45) is 0 Å². The van der Waals surface area contributed by atoms with E-state index in [0.717, 1.165) is 0 Å². The normalized spacial score (nSPS) is 16.7. The van der Waals surface area contributed by atoms with Crippen LogP contribution in [0.1, 0.15) is 12.5 Å². The summed E-state index contributed by atoms with van der Waals surface area (Å²) in [4.78, 5) is 14.2. The Morgan fingerprint density at radius 3 is 2.33 bits per heavy atom. The van der Waals surface area contributed by atoms with Crippen molar-refractivity contribution in [2.45, 2.75) is 6.92 Å². The third kappa shape index (κ3) is 2.98. The van der Waals surface area contributed by atoms with Gasteiger partial charge in [0.05, 0.1) is 19.1 Å². The van der Waals surface area contributed by atoms with Crippen LogP contribution in [0, 0.1) is 0 Å². The molecular weight excluding hydrogens is 310 g/mol. The molecule has 1 aromatic carbocycles. The van der Waals surface area contributed by atoms with Gasteiger partial charge >= 0.3 is 0 Å². The molecule has 21 heavy (non-hydrogen) atoms. The highest BCUT2D eigenvalue weighted by molar-refractivity contribution is 8.26. The van der Waals surface area contributed by atoms with Crippen LogP contribution in [-0.4, -0.2) is 41.0 Å². The van der Waals surface area contributed by atoms with Gasteiger partial charge in [-0.3, -0.25) is 9.69 Å². The Kier molecular flexibility index (Phi) is 4.74. The van der Waals surface area contributed by atoms with Gasteiger partial charge < -0.3 is 14.6 Å². The number of phenols is 1. The molecular formula is C14H15NO4S2. The fourth-order valence-electron chi connectivity index (χ4n) is 1.92. The fourth-order valence-corrected chi connectivity index (χ4v) is 3.31. The first-order valence-electron chi connectivity index (χ1n) is 6.22. The van der Waals surface area contributed by atoms with Gasteiger partial charge in [-0.2, -0.15) is 0 Å². The van der Waals surface area contributed by atoms with Gasteiger partial charge in [0.1, 0.15) is 4.32 Å². The zero-order chi connectivity index (χ0) is 15.6. The zero-order valence-electron chi connectivity index (χ0n) is 11.9. The molecule has 7 heteroatoms. The second kappa shape index (κ2) is 6.36.